The Hall–Kier alpha value is -2.08. The number of nitrogens with one attached hydrogen (secondary N) is 2. The van der Waals surface area contributed by atoms with Crippen LogP contribution >= 0.6 is 15.9 Å². The van der Waals surface area contributed by atoms with Crippen molar-refractivity contribution in [3.63, 3.8) is 0 Å². The van der Waals surface area contributed by atoms with Gasteiger partial charge in [-0.2, -0.15) is 0 Å². The maximum atomic E-state index is 13.5. The van der Waals surface area contributed by atoms with Crippen molar-refractivity contribution in [1.29, 1.82) is 0 Å². The molecule has 0 atom stereocenters. The highest BCUT2D eigenvalue weighted by atomic mass is 79.9. The van der Waals surface area contributed by atoms with E-state index < -0.39 is 0 Å². The summed E-state index contributed by atoms with van der Waals surface area (Å²) >= 11 is 3.09. The van der Waals surface area contributed by atoms with Crippen LogP contribution in [0.2, 0.25) is 0 Å². The molecule has 0 aromatic heterocycles. The van der Waals surface area contributed by atoms with E-state index in [9.17, 15) is 9.18 Å². The SMILES string of the molecule is CNC(=O)c1ccc(N)cc1Nc1ccc(Br)c(F)c1. The molecule has 2 rings (SSSR count). The molecule has 104 valence electrons. The second kappa shape index (κ2) is 5.92. The van der Waals surface area contributed by atoms with Crippen LogP contribution in [-0.4, -0.2) is 13.0 Å². The molecule has 1 amide bonds. The molecule has 20 heavy (non-hydrogen) atoms. The largest absolute Gasteiger partial charge is 0.399 e. The summed E-state index contributed by atoms with van der Waals surface area (Å²) in [6, 6.07) is 9.50. The van der Waals surface area contributed by atoms with Gasteiger partial charge in [0.25, 0.3) is 5.91 Å². The van der Waals surface area contributed by atoms with Gasteiger partial charge >= 0.3 is 0 Å². The molecule has 2 aromatic rings. The first-order chi connectivity index (χ1) is 9.51. The summed E-state index contributed by atoms with van der Waals surface area (Å²) in [7, 11) is 1.54. The second-order valence-electron chi connectivity index (χ2n) is 4.14. The highest BCUT2D eigenvalue weighted by Gasteiger charge is 2.11. The number of benzene rings is 2. The molecule has 4 N–H and O–H groups in total. The molecule has 0 aliphatic carbocycles. The van der Waals surface area contributed by atoms with E-state index in [4.69, 9.17) is 5.73 Å². The van der Waals surface area contributed by atoms with E-state index in [-0.39, 0.29) is 11.7 Å². The van der Waals surface area contributed by atoms with Gasteiger partial charge in [0, 0.05) is 18.4 Å². The summed E-state index contributed by atoms with van der Waals surface area (Å²) in [5, 5.41) is 5.54. The fourth-order valence-corrected chi connectivity index (χ4v) is 1.97. The van der Waals surface area contributed by atoms with Gasteiger partial charge in [-0.25, -0.2) is 4.39 Å². The first-order valence-electron chi connectivity index (χ1n) is 5.85. The van der Waals surface area contributed by atoms with Crippen molar-refractivity contribution in [2.24, 2.45) is 0 Å². The highest BCUT2D eigenvalue weighted by Crippen LogP contribution is 2.26. The molecule has 2 aromatic carbocycles. The van der Waals surface area contributed by atoms with Crippen LogP contribution in [0.1, 0.15) is 10.4 Å². The number of carbonyl (C=O) groups is 1. The fraction of sp³-hybridized carbons (Fsp3) is 0.0714. The lowest BCUT2D eigenvalue weighted by Gasteiger charge is -2.12. The Morgan fingerprint density at radius 3 is 2.65 bits per heavy atom. The van der Waals surface area contributed by atoms with Gasteiger partial charge in [-0.05, 0) is 52.3 Å². The maximum Gasteiger partial charge on any atom is 0.253 e. The van der Waals surface area contributed by atoms with Gasteiger partial charge in [0.15, 0.2) is 0 Å². The van der Waals surface area contributed by atoms with Crippen LogP contribution in [-0.2, 0) is 0 Å². The van der Waals surface area contributed by atoms with Gasteiger partial charge < -0.3 is 16.4 Å². The number of amides is 1. The average molecular weight is 338 g/mol. The summed E-state index contributed by atoms with van der Waals surface area (Å²) in [5.41, 5.74) is 7.72. The lowest BCUT2D eigenvalue weighted by atomic mass is 10.1. The summed E-state index contributed by atoms with van der Waals surface area (Å²) in [4.78, 5) is 11.8. The summed E-state index contributed by atoms with van der Waals surface area (Å²) in [6.45, 7) is 0. The lowest BCUT2D eigenvalue weighted by Crippen LogP contribution is -2.19. The minimum Gasteiger partial charge on any atom is -0.399 e. The van der Waals surface area contributed by atoms with Gasteiger partial charge in [-0.3, -0.25) is 4.79 Å². The van der Waals surface area contributed by atoms with Gasteiger partial charge in [-0.15, -0.1) is 0 Å². The number of hydrogen-bond acceptors (Lipinski definition) is 3. The minimum absolute atomic E-state index is 0.245. The van der Waals surface area contributed by atoms with Gasteiger partial charge in [0.2, 0.25) is 0 Å². The summed E-state index contributed by atoms with van der Waals surface area (Å²) in [5.74, 6) is -0.634. The Morgan fingerprint density at radius 2 is 2.00 bits per heavy atom. The molecule has 4 nitrogen and oxygen atoms in total. The van der Waals surface area contributed by atoms with Gasteiger partial charge in [-0.1, -0.05) is 0 Å². The number of halogens is 2. The van der Waals surface area contributed by atoms with Crippen LogP contribution in [0.4, 0.5) is 21.5 Å². The third-order valence-electron chi connectivity index (χ3n) is 2.71. The van der Waals surface area contributed by atoms with E-state index in [2.05, 4.69) is 26.6 Å². The van der Waals surface area contributed by atoms with Crippen LogP contribution in [0.3, 0.4) is 0 Å². The third-order valence-corrected chi connectivity index (χ3v) is 3.36. The number of nitrogen functional groups attached to an aromatic ring is 1. The molecule has 0 radical (unpaired) electrons. The monoisotopic (exact) mass is 337 g/mol. The quantitative estimate of drug-likeness (QED) is 0.753. The Bertz CT molecular complexity index is 661. The number of carbonyl (C=O) groups excluding carboxylic acids is 1. The van der Waals surface area contributed by atoms with Crippen molar-refractivity contribution in [3.8, 4) is 0 Å². The Balaban J connectivity index is 2.38. The van der Waals surface area contributed by atoms with Crippen LogP contribution in [0, 0.1) is 5.82 Å². The third kappa shape index (κ3) is 3.08. The topological polar surface area (TPSA) is 67.2 Å². The fourth-order valence-electron chi connectivity index (χ4n) is 1.73. The van der Waals surface area contributed by atoms with E-state index >= 15 is 0 Å². The molecule has 0 saturated heterocycles. The van der Waals surface area contributed by atoms with Crippen LogP contribution in [0.25, 0.3) is 0 Å². The van der Waals surface area contributed by atoms with Crippen molar-refractivity contribution < 1.29 is 9.18 Å². The predicted octanol–water partition coefficient (Wildman–Crippen LogP) is 3.27. The molecular formula is C14H13BrFN3O. The van der Waals surface area contributed by atoms with E-state index in [1.54, 1.807) is 37.4 Å². The van der Waals surface area contributed by atoms with Crippen molar-refractivity contribution in [3.05, 3.63) is 52.3 Å². The zero-order valence-corrected chi connectivity index (χ0v) is 12.3. The molecule has 0 aliphatic rings. The van der Waals surface area contributed by atoms with Gasteiger partial charge in [0.05, 0.1) is 15.7 Å². The Labute approximate surface area is 124 Å². The molecule has 0 saturated carbocycles. The van der Waals surface area contributed by atoms with E-state index in [1.165, 1.54) is 6.07 Å². The van der Waals surface area contributed by atoms with Crippen molar-refractivity contribution >= 4 is 38.9 Å². The van der Waals surface area contributed by atoms with Crippen LogP contribution in [0.15, 0.2) is 40.9 Å². The van der Waals surface area contributed by atoms with Crippen LogP contribution < -0.4 is 16.4 Å². The van der Waals surface area contributed by atoms with Crippen LogP contribution in [0.5, 0.6) is 0 Å². The van der Waals surface area contributed by atoms with Crippen molar-refractivity contribution in [1.82, 2.24) is 5.32 Å². The molecule has 0 bridgehead atoms. The summed E-state index contributed by atoms with van der Waals surface area (Å²) < 4.78 is 13.9. The van der Waals surface area contributed by atoms with E-state index in [0.29, 0.717) is 27.1 Å². The summed E-state index contributed by atoms with van der Waals surface area (Å²) in [6.07, 6.45) is 0. The predicted molar refractivity (Wildman–Crippen MR) is 81.6 cm³/mol. The first-order valence-corrected chi connectivity index (χ1v) is 6.64. The molecular weight excluding hydrogens is 325 g/mol. The normalized spacial score (nSPS) is 10.2. The maximum absolute atomic E-state index is 13.5. The molecule has 6 heteroatoms. The zero-order chi connectivity index (χ0) is 14.7. The highest BCUT2D eigenvalue weighted by molar-refractivity contribution is 9.10. The standard InChI is InChI=1S/C14H13BrFN3O/c1-18-14(20)10-4-2-8(17)6-13(10)19-9-3-5-11(15)12(16)7-9/h2-7,19H,17H2,1H3,(H,18,20). The Kier molecular flexibility index (Phi) is 4.24. The molecule has 0 spiro atoms. The number of hydrogen-bond donors (Lipinski definition) is 3. The first kappa shape index (κ1) is 14.3. The molecule has 0 fully saturated rings. The second-order valence-corrected chi connectivity index (χ2v) is 4.99. The van der Waals surface area contributed by atoms with Crippen molar-refractivity contribution in [2.45, 2.75) is 0 Å². The molecule has 0 heterocycles. The smallest absolute Gasteiger partial charge is 0.253 e. The number of rotatable bonds is 3. The molecule has 0 unspecified atom stereocenters. The lowest BCUT2D eigenvalue weighted by molar-refractivity contribution is 0.0964. The minimum atomic E-state index is -0.389. The number of nitrogens with two attached hydrogens (primary N) is 1. The van der Waals surface area contributed by atoms with E-state index in [1.807, 2.05) is 0 Å². The average Bonchev–Trinajstić information content (AvgIpc) is 2.42. The van der Waals surface area contributed by atoms with E-state index in [0.717, 1.165) is 0 Å². The zero-order valence-electron chi connectivity index (χ0n) is 10.7. The van der Waals surface area contributed by atoms with Gasteiger partial charge in [0.1, 0.15) is 5.82 Å². The Morgan fingerprint density at radius 1 is 1.25 bits per heavy atom. The van der Waals surface area contributed by atoms with Crippen molar-refractivity contribution in [2.75, 3.05) is 18.1 Å². The molecule has 0 aliphatic heterocycles. The number of anilines is 3.